The average molecular weight is 680 g/mol. The van der Waals surface area contributed by atoms with E-state index in [1.807, 2.05) is 103 Å². The second-order valence-corrected chi connectivity index (χ2v) is 14.5. The van der Waals surface area contributed by atoms with Gasteiger partial charge in [-0.3, -0.25) is 19.1 Å². The van der Waals surface area contributed by atoms with E-state index < -0.39 is 19.4 Å². The SMILES string of the molecule is CNC(=O)c1ccccc1Sc1ccc2c(/C=C/c3ccccn3)nn(P(=O)(C[C@@H](C)C(=O)OC)Oc3ccc4c(ccn4C)c3)c2c1. The highest BCUT2D eigenvalue weighted by Crippen LogP contribution is 2.52. The van der Waals surface area contributed by atoms with E-state index in [-0.39, 0.29) is 12.1 Å². The molecule has 0 aliphatic carbocycles. The minimum atomic E-state index is -3.97. The number of esters is 1. The smallest absolute Gasteiger partial charge is 0.364 e. The lowest BCUT2D eigenvalue weighted by atomic mass is 10.2. The zero-order valence-corrected chi connectivity index (χ0v) is 28.6. The number of rotatable bonds is 11. The van der Waals surface area contributed by atoms with Gasteiger partial charge in [0.1, 0.15) is 5.75 Å². The fourth-order valence-electron chi connectivity index (χ4n) is 5.42. The summed E-state index contributed by atoms with van der Waals surface area (Å²) in [5, 5.41) is 9.20. The number of methoxy groups -OCH3 is 1. The van der Waals surface area contributed by atoms with Gasteiger partial charge in [0, 0.05) is 52.6 Å². The highest BCUT2D eigenvalue weighted by Gasteiger charge is 2.36. The number of benzene rings is 3. The van der Waals surface area contributed by atoms with Gasteiger partial charge in [0.25, 0.3) is 5.91 Å². The second kappa shape index (κ2) is 13.9. The van der Waals surface area contributed by atoms with Crippen LogP contribution in [0.25, 0.3) is 34.0 Å². The summed E-state index contributed by atoms with van der Waals surface area (Å²) in [6.07, 6.45) is 7.13. The molecule has 0 spiro atoms. The lowest BCUT2D eigenvalue weighted by molar-refractivity contribution is -0.144. The van der Waals surface area contributed by atoms with Crippen molar-refractivity contribution in [2.24, 2.45) is 13.0 Å². The summed E-state index contributed by atoms with van der Waals surface area (Å²) < 4.78 is 30.1. The summed E-state index contributed by atoms with van der Waals surface area (Å²) in [7, 11) is 0.881. The number of pyridine rings is 1. The zero-order chi connectivity index (χ0) is 33.8. The van der Waals surface area contributed by atoms with Crippen LogP contribution in [0.15, 0.2) is 107 Å². The van der Waals surface area contributed by atoms with E-state index in [0.717, 1.165) is 31.8 Å². The Labute approximate surface area is 282 Å². The van der Waals surface area contributed by atoms with Gasteiger partial charge in [0.05, 0.1) is 41.7 Å². The number of aromatic nitrogens is 4. The molecule has 48 heavy (non-hydrogen) atoms. The number of fused-ring (bicyclic) bond motifs is 2. The number of carbonyl (C=O) groups is 2. The average Bonchev–Trinajstić information content (AvgIpc) is 3.66. The van der Waals surface area contributed by atoms with Crippen LogP contribution in [0, 0.1) is 5.92 Å². The van der Waals surface area contributed by atoms with Crippen LogP contribution in [0.2, 0.25) is 0 Å². The van der Waals surface area contributed by atoms with E-state index in [1.54, 1.807) is 32.3 Å². The van der Waals surface area contributed by atoms with E-state index in [2.05, 4.69) is 10.3 Å². The van der Waals surface area contributed by atoms with Gasteiger partial charge in [0.15, 0.2) is 0 Å². The van der Waals surface area contributed by atoms with Gasteiger partial charge in [-0.05, 0) is 78.9 Å². The quantitative estimate of drug-likeness (QED) is 0.110. The van der Waals surface area contributed by atoms with Crippen LogP contribution >= 0.6 is 19.3 Å². The fourth-order valence-corrected chi connectivity index (χ4v) is 8.72. The topological polar surface area (TPSA) is 117 Å². The maximum Gasteiger partial charge on any atom is 0.364 e. The Morgan fingerprint density at radius 2 is 1.81 bits per heavy atom. The molecule has 244 valence electrons. The summed E-state index contributed by atoms with van der Waals surface area (Å²) in [5.41, 5.74) is 3.35. The third-order valence-corrected chi connectivity index (χ3v) is 11.3. The third-order valence-electron chi connectivity index (χ3n) is 7.85. The molecule has 0 saturated heterocycles. The number of hydrogen-bond donors (Lipinski definition) is 1. The Bertz CT molecular complexity index is 2210. The zero-order valence-electron chi connectivity index (χ0n) is 26.9. The molecule has 2 atom stereocenters. The van der Waals surface area contributed by atoms with Crippen molar-refractivity contribution in [1.82, 2.24) is 24.4 Å². The Morgan fingerprint density at radius 1 is 1.00 bits per heavy atom. The van der Waals surface area contributed by atoms with Gasteiger partial charge in [-0.15, -0.1) is 0 Å². The van der Waals surface area contributed by atoms with Crippen molar-refractivity contribution in [2.75, 3.05) is 20.3 Å². The maximum atomic E-state index is 15.3. The largest absolute Gasteiger partial charge is 0.469 e. The monoisotopic (exact) mass is 679 g/mol. The molecule has 0 saturated carbocycles. The first-order chi connectivity index (χ1) is 23.2. The van der Waals surface area contributed by atoms with Crippen molar-refractivity contribution in [3.8, 4) is 5.75 Å². The number of carbonyl (C=O) groups excluding carboxylic acids is 2. The van der Waals surface area contributed by atoms with Crippen LogP contribution in [0.3, 0.4) is 0 Å². The molecule has 6 rings (SSSR count). The van der Waals surface area contributed by atoms with Crippen molar-refractivity contribution in [3.63, 3.8) is 0 Å². The molecule has 0 radical (unpaired) electrons. The highest BCUT2D eigenvalue weighted by molar-refractivity contribution is 7.99. The lowest BCUT2D eigenvalue weighted by Crippen LogP contribution is -2.21. The first-order valence-electron chi connectivity index (χ1n) is 15.2. The number of hydrogen-bond acceptors (Lipinski definition) is 8. The van der Waals surface area contributed by atoms with Gasteiger partial charge in [-0.1, -0.05) is 36.9 Å². The number of aryl methyl sites for hydroxylation is 1. The number of ether oxygens (including phenoxy) is 1. The Morgan fingerprint density at radius 3 is 2.58 bits per heavy atom. The van der Waals surface area contributed by atoms with E-state index >= 15 is 4.57 Å². The summed E-state index contributed by atoms with van der Waals surface area (Å²) in [6.45, 7) is 1.66. The Kier molecular flexibility index (Phi) is 9.52. The minimum absolute atomic E-state index is 0.163. The summed E-state index contributed by atoms with van der Waals surface area (Å²) in [5.74, 6) is -1.08. The molecule has 0 aliphatic heterocycles. The van der Waals surface area contributed by atoms with Crippen LogP contribution in [0.5, 0.6) is 5.75 Å². The molecule has 1 N–H and O–H groups in total. The van der Waals surface area contributed by atoms with Gasteiger partial charge in [-0.25, -0.2) is 0 Å². The van der Waals surface area contributed by atoms with Crippen LogP contribution in [0.4, 0.5) is 0 Å². The molecule has 1 amide bonds. The molecule has 0 aliphatic rings. The molecule has 12 heteroatoms. The van der Waals surface area contributed by atoms with Crippen LogP contribution in [-0.2, 0) is 21.1 Å². The second-order valence-electron chi connectivity index (χ2n) is 11.2. The standard InChI is InChI=1S/C36H34N5O5PS/c1-24(36(43)45-4)23-47(44,46-27-13-17-32-25(21-27)18-20-40(32)3)41-33-22-28(48-34-11-6-5-10-30(34)35(42)37-2)14-15-29(33)31(39-41)16-12-26-9-7-8-19-38-26/h5-22,24H,23H2,1-4H3,(H,37,42)/b16-12+/t24-,47?/m1/s1. The summed E-state index contributed by atoms with van der Waals surface area (Å²) in [4.78, 5) is 31.2. The molecular weight excluding hydrogens is 645 g/mol. The maximum absolute atomic E-state index is 15.3. The van der Waals surface area contributed by atoms with E-state index in [9.17, 15) is 9.59 Å². The van der Waals surface area contributed by atoms with Crippen molar-refractivity contribution >= 4 is 65.1 Å². The molecule has 1 unspecified atom stereocenters. The first kappa shape index (κ1) is 32.8. The van der Waals surface area contributed by atoms with Gasteiger partial charge in [-0.2, -0.15) is 9.55 Å². The minimum Gasteiger partial charge on any atom is -0.469 e. The molecule has 3 aromatic heterocycles. The third kappa shape index (κ3) is 6.79. The molecule has 0 fully saturated rings. The van der Waals surface area contributed by atoms with E-state index in [1.165, 1.54) is 23.3 Å². The molecule has 6 aromatic rings. The number of nitrogens with one attached hydrogen (secondary N) is 1. The lowest BCUT2D eigenvalue weighted by Gasteiger charge is -2.23. The first-order valence-corrected chi connectivity index (χ1v) is 17.8. The normalized spacial score (nSPS) is 13.4. The van der Waals surface area contributed by atoms with Crippen molar-refractivity contribution in [3.05, 3.63) is 114 Å². The molecule has 0 bridgehead atoms. The van der Waals surface area contributed by atoms with Crippen molar-refractivity contribution in [1.29, 1.82) is 0 Å². The van der Waals surface area contributed by atoms with E-state index in [4.69, 9.17) is 14.4 Å². The van der Waals surface area contributed by atoms with Crippen LogP contribution < -0.4 is 9.84 Å². The highest BCUT2D eigenvalue weighted by atomic mass is 32.2. The molecule has 10 nitrogen and oxygen atoms in total. The molecule has 3 aromatic carbocycles. The molecule has 3 heterocycles. The van der Waals surface area contributed by atoms with Gasteiger partial charge in [0.2, 0.25) is 0 Å². The van der Waals surface area contributed by atoms with Crippen LogP contribution in [0.1, 0.15) is 28.7 Å². The summed E-state index contributed by atoms with van der Waals surface area (Å²) in [6, 6.07) is 26.1. The van der Waals surface area contributed by atoms with Gasteiger partial charge >= 0.3 is 13.5 Å². The fraction of sp³-hybridized carbons (Fsp3) is 0.167. The number of amides is 1. The molecular formula is C36H34N5O5PS. The Hall–Kier alpha value is -5.12. The van der Waals surface area contributed by atoms with Crippen molar-refractivity contribution < 1.29 is 23.4 Å². The predicted molar refractivity (Wildman–Crippen MR) is 189 cm³/mol. The van der Waals surface area contributed by atoms with E-state index in [0.29, 0.717) is 22.5 Å². The summed E-state index contributed by atoms with van der Waals surface area (Å²) >= 11 is 1.40. The predicted octanol–water partition coefficient (Wildman–Crippen LogP) is 7.53. The van der Waals surface area contributed by atoms with Gasteiger partial charge < -0.3 is 19.1 Å². The van der Waals surface area contributed by atoms with Crippen LogP contribution in [-0.4, -0.2) is 51.3 Å². The number of nitrogens with zero attached hydrogens (tertiary/aromatic N) is 4. The Balaban J connectivity index is 1.51. The van der Waals surface area contributed by atoms with Crippen molar-refractivity contribution in [2.45, 2.75) is 16.7 Å².